The van der Waals surface area contributed by atoms with Gasteiger partial charge in [-0.2, -0.15) is 0 Å². The number of benzene rings is 4. The van der Waals surface area contributed by atoms with Crippen molar-refractivity contribution in [1.82, 2.24) is 0 Å². The molecule has 354 valence electrons. The largest absolute Gasteiger partial charge is 4.00 e. The Bertz CT molecular complexity index is 1740. The van der Waals surface area contributed by atoms with Crippen molar-refractivity contribution >= 4 is 139 Å². The van der Waals surface area contributed by atoms with Crippen LogP contribution in [0.5, 0.6) is 0 Å². The van der Waals surface area contributed by atoms with Gasteiger partial charge >= 0.3 is 21.1 Å². The van der Waals surface area contributed by atoms with Crippen molar-refractivity contribution in [3.63, 3.8) is 0 Å². The number of aryl methyl sites for hydroxylation is 4. The van der Waals surface area contributed by atoms with E-state index in [0.29, 0.717) is 17.3 Å². The smallest absolute Gasteiger partial charge is 0.411 e. The van der Waals surface area contributed by atoms with Crippen LogP contribution in [0.15, 0.2) is 72.8 Å². The molecule has 0 aromatic heterocycles. The molecule has 0 aliphatic carbocycles. The van der Waals surface area contributed by atoms with Gasteiger partial charge in [0.25, 0.3) is 0 Å². The van der Waals surface area contributed by atoms with E-state index in [1.54, 1.807) is 0 Å². The molecule has 0 atom stereocenters. The van der Waals surface area contributed by atoms with Crippen LogP contribution in [0.1, 0.15) is 151 Å². The molecule has 0 fully saturated rings. The summed E-state index contributed by atoms with van der Waals surface area (Å²) < 4.78 is 1.69. The van der Waals surface area contributed by atoms with E-state index < -0.39 is 0 Å². The molecule has 13 heteroatoms. The Hall–Kier alpha value is -1.99. The van der Waals surface area contributed by atoms with Gasteiger partial charge in [-0.05, 0) is 120 Å². The number of hydrogen-bond donors (Lipinski definition) is 4. The maximum atomic E-state index is 4.93. The molecule has 4 aromatic rings. The first-order valence-corrected chi connectivity index (χ1v) is 26.4. The van der Waals surface area contributed by atoms with Crippen LogP contribution in [0.4, 0.5) is 22.7 Å². The second kappa shape index (κ2) is 37.9. The van der Waals surface area contributed by atoms with Gasteiger partial charge in [-0.25, -0.2) is 0 Å². The van der Waals surface area contributed by atoms with Crippen LogP contribution in [-0.4, -0.2) is 17.3 Å². The number of nitrogens with one attached hydrogen (secondary N) is 4. The van der Waals surface area contributed by atoms with E-state index in [4.69, 9.17) is 99.4 Å². The van der Waals surface area contributed by atoms with Crippen LogP contribution in [0.3, 0.4) is 0 Å². The van der Waals surface area contributed by atoms with E-state index in [1.165, 1.54) is 70.2 Å². The molecule has 0 aliphatic rings. The zero-order valence-electron chi connectivity index (χ0n) is 39.9. The molecule has 4 aromatic carbocycles. The van der Waals surface area contributed by atoms with E-state index in [2.05, 4.69) is 149 Å². The number of rotatable bonds is 20. The normalized spacial score (nSPS) is 9.97. The van der Waals surface area contributed by atoms with Crippen LogP contribution >= 0.6 is 48.9 Å². The fourth-order valence-electron chi connectivity index (χ4n) is 7.64. The van der Waals surface area contributed by atoms with E-state index in [0.717, 1.165) is 99.8 Å². The molecule has 0 saturated carbocycles. The van der Waals surface area contributed by atoms with Gasteiger partial charge in [-0.3, -0.25) is 0 Å². The SMILES string of the molecule is CCCc1cccc(NC(=S)[S-])c1CCC.CCCc1cccc(NC(=S)[S-])c1CCC.CCCc1cccc(NC(=S)[S-])c1CCC.CCCc1cccc(NC(=S)[S-])c1CCC.[Mo+4]. The quantitative estimate of drug-likeness (QED) is 0.0387. The Morgan fingerprint density at radius 2 is 0.492 bits per heavy atom. The van der Waals surface area contributed by atoms with Crippen molar-refractivity contribution in [3.8, 4) is 0 Å². The first-order chi connectivity index (χ1) is 30.7. The Kier molecular flexibility index (Phi) is 36.8. The monoisotopic (exact) mass is 1110 g/mol. The molecule has 0 spiro atoms. The molecule has 0 saturated heterocycles. The Morgan fingerprint density at radius 3 is 0.631 bits per heavy atom. The van der Waals surface area contributed by atoms with Gasteiger partial charge in [0, 0.05) is 22.7 Å². The molecule has 0 amide bonds. The Morgan fingerprint density at radius 1 is 0.323 bits per heavy atom. The minimum Gasteiger partial charge on any atom is -0.411 e. The summed E-state index contributed by atoms with van der Waals surface area (Å²) in [5.74, 6) is 0. The van der Waals surface area contributed by atoms with E-state index in [9.17, 15) is 0 Å². The van der Waals surface area contributed by atoms with Gasteiger partial charge in [-0.15, -0.1) is 0 Å². The van der Waals surface area contributed by atoms with Gasteiger partial charge in [0.15, 0.2) is 0 Å². The topological polar surface area (TPSA) is 48.1 Å². The maximum absolute atomic E-state index is 4.93. The standard InChI is InChI=1S/4C13H19NS2.Mo/c4*1-3-6-10-8-5-9-12(14-13(15)16)11(10)7-4-2;/h4*5,8-9H,3-4,6-7H2,1-2H3,(H2,14,15,16);/q;;;;+4/p-4. The first-order valence-electron chi connectivity index (χ1n) is 23.1. The first kappa shape index (κ1) is 63.0. The fourth-order valence-corrected chi connectivity index (χ4v) is 8.52. The summed E-state index contributed by atoms with van der Waals surface area (Å²) in [6, 6.07) is 25.3. The Balaban J connectivity index is 0.000000836. The van der Waals surface area contributed by atoms with Gasteiger partial charge in [-0.1, -0.05) is 173 Å². The third kappa shape index (κ3) is 25.3. The van der Waals surface area contributed by atoms with Gasteiger partial charge in [0.2, 0.25) is 0 Å². The van der Waals surface area contributed by atoms with Gasteiger partial charge < -0.3 is 121 Å². The van der Waals surface area contributed by atoms with Crippen molar-refractivity contribution in [1.29, 1.82) is 0 Å². The molecule has 0 heterocycles. The minimum absolute atomic E-state index is 0. The summed E-state index contributed by atoms with van der Waals surface area (Å²) in [6.07, 6.45) is 18.0. The number of anilines is 4. The summed E-state index contributed by atoms with van der Waals surface area (Å²) >= 11 is 39.5. The molecule has 4 N–H and O–H groups in total. The fraction of sp³-hybridized carbons (Fsp3) is 0.462. The summed E-state index contributed by atoms with van der Waals surface area (Å²) in [4.78, 5) is 0. The third-order valence-electron chi connectivity index (χ3n) is 10.1. The number of thiocarbonyl (C=S) groups is 4. The van der Waals surface area contributed by atoms with Gasteiger partial charge in [0.05, 0.1) is 0 Å². The van der Waals surface area contributed by atoms with Crippen LogP contribution in [0.2, 0.25) is 0 Å². The van der Waals surface area contributed by atoms with E-state index in [-0.39, 0.29) is 21.1 Å². The maximum Gasteiger partial charge on any atom is 4.00 e. The van der Waals surface area contributed by atoms with Crippen LogP contribution in [0, 0.1) is 0 Å². The van der Waals surface area contributed by atoms with Crippen molar-refractivity contribution < 1.29 is 21.1 Å². The van der Waals surface area contributed by atoms with Crippen LogP contribution in [-0.2, 0) is 123 Å². The molecule has 65 heavy (non-hydrogen) atoms. The summed E-state index contributed by atoms with van der Waals surface area (Å²) in [5.41, 5.74) is 15.5. The molecule has 0 radical (unpaired) electrons. The second-order valence-electron chi connectivity index (χ2n) is 15.4. The van der Waals surface area contributed by atoms with Gasteiger partial charge in [0.1, 0.15) is 0 Å². The minimum atomic E-state index is 0. The molecule has 4 nitrogen and oxygen atoms in total. The predicted octanol–water partition coefficient (Wildman–Crippen LogP) is 15.3. The summed E-state index contributed by atoms with van der Waals surface area (Å²) in [5, 5.41) is 12.4. The van der Waals surface area contributed by atoms with E-state index >= 15 is 0 Å². The van der Waals surface area contributed by atoms with Crippen molar-refractivity contribution in [2.45, 2.75) is 158 Å². The van der Waals surface area contributed by atoms with Crippen molar-refractivity contribution in [2.24, 2.45) is 0 Å². The average Bonchev–Trinajstić information content (AvgIpc) is 3.23. The molecule has 4 rings (SSSR count). The van der Waals surface area contributed by atoms with Crippen molar-refractivity contribution in [2.75, 3.05) is 21.3 Å². The number of hydrogen-bond acceptors (Lipinski definition) is 8. The molecular weight excluding hydrogens is 1030 g/mol. The second-order valence-corrected chi connectivity index (χ2v) is 19.7. The average molecular weight is 1110 g/mol. The third-order valence-corrected chi connectivity index (χ3v) is 10.9. The zero-order valence-corrected chi connectivity index (χ0v) is 48.5. The van der Waals surface area contributed by atoms with Crippen LogP contribution < -0.4 is 21.3 Å². The molecule has 0 aliphatic heterocycles. The Labute approximate surface area is 452 Å². The molecular formula is C52H72MoN4S8. The summed E-state index contributed by atoms with van der Waals surface area (Å²) in [6.45, 7) is 17.6. The molecule has 0 unspecified atom stereocenters. The summed E-state index contributed by atoms with van der Waals surface area (Å²) in [7, 11) is 0. The zero-order chi connectivity index (χ0) is 47.9. The predicted molar refractivity (Wildman–Crippen MR) is 312 cm³/mol. The molecule has 0 bridgehead atoms. The van der Waals surface area contributed by atoms with Crippen molar-refractivity contribution in [3.05, 3.63) is 117 Å². The van der Waals surface area contributed by atoms with E-state index in [1.807, 2.05) is 0 Å². The van der Waals surface area contributed by atoms with Crippen LogP contribution in [0.25, 0.3) is 0 Å².